The maximum Gasteiger partial charge on any atom is 0.326 e. The quantitative estimate of drug-likeness (QED) is 0.661. The maximum absolute atomic E-state index is 12.5. The predicted molar refractivity (Wildman–Crippen MR) is 102 cm³/mol. The Morgan fingerprint density at radius 1 is 1.15 bits per heavy atom. The third-order valence-electron chi connectivity index (χ3n) is 3.92. The van der Waals surface area contributed by atoms with Crippen molar-refractivity contribution in [2.75, 3.05) is 6.61 Å². The number of carbonyl (C=O) groups excluding carboxylic acids is 2. The van der Waals surface area contributed by atoms with Gasteiger partial charge in [-0.2, -0.15) is 4.99 Å². The number of hydrogen-bond acceptors (Lipinski definition) is 4. The first kappa shape index (κ1) is 18.1. The van der Waals surface area contributed by atoms with E-state index in [9.17, 15) is 9.59 Å². The summed E-state index contributed by atoms with van der Waals surface area (Å²) < 4.78 is 7.86. The summed E-state index contributed by atoms with van der Waals surface area (Å²) in [6.45, 7) is 6.13. The number of amides is 1. The van der Waals surface area contributed by atoms with Gasteiger partial charge >= 0.3 is 5.97 Å². The molecule has 0 saturated carbocycles. The van der Waals surface area contributed by atoms with Gasteiger partial charge in [-0.15, -0.1) is 0 Å². The van der Waals surface area contributed by atoms with Gasteiger partial charge in [0.25, 0.3) is 5.91 Å². The molecule has 134 valence electrons. The van der Waals surface area contributed by atoms with Crippen LogP contribution in [0.2, 0.25) is 0 Å². The fourth-order valence-corrected chi connectivity index (χ4v) is 3.90. The van der Waals surface area contributed by atoms with E-state index in [1.807, 2.05) is 26.0 Å². The molecular weight excluding hydrogens is 348 g/mol. The molecule has 1 aromatic heterocycles. The monoisotopic (exact) mass is 368 g/mol. The Hall–Kier alpha value is -2.73. The van der Waals surface area contributed by atoms with Crippen LogP contribution >= 0.6 is 11.3 Å². The van der Waals surface area contributed by atoms with Crippen molar-refractivity contribution < 1.29 is 14.3 Å². The number of hydrogen-bond donors (Lipinski definition) is 0. The summed E-state index contributed by atoms with van der Waals surface area (Å²) in [7, 11) is 0. The van der Waals surface area contributed by atoms with Gasteiger partial charge in [0.05, 0.1) is 16.8 Å². The zero-order valence-electron chi connectivity index (χ0n) is 15.0. The van der Waals surface area contributed by atoms with Crippen LogP contribution in [0.25, 0.3) is 10.2 Å². The van der Waals surface area contributed by atoms with Gasteiger partial charge in [0, 0.05) is 5.56 Å². The number of thiazole rings is 1. The fraction of sp³-hybridized carbons (Fsp3) is 0.250. The van der Waals surface area contributed by atoms with E-state index < -0.39 is 0 Å². The first-order chi connectivity index (χ1) is 12.5. The molecule has 26 heavy (non-hydrogen) atoms. The number of esters is 1. The second kappa shape index (κ2) is 7.66. The lowest BCUT2D eigenvalue weighted by Crippen LogP contribution is -2.23. The van der Waals surface area contributed by atoms with Gasteiger partial charge in [-0.1, -0.05) is 35.6 Å². The average Bonchev–Trinajstić information content (AvgIpc) is 2.94. The van der Waals surface area contributed by atoms with Crippen LogP contribution in [0.5, 0.6) is 0 Å². The largest absolute Gasteiger partial charge is 0.465 e. The van der Waals surface area contributed by atoms with E-state index in [1.54, 1.807) is 35.8 Å². The molecule has 6 heteroatoms. The number of carbonyl (C=O) groups is 2. The van der Waals surface area contributed by atoms with E-state index in [4.69, 9.17) is 4.74 Å². The van der Waals surface area contributed by atoms with Gasteiger partial charge in [0.2, 0.25) is 0 Å². The molecule has 0 bridgehead atoms. The molecule has 1 heterocycles. The highest BCUT2D eigenvalue weighted by atomic mass is 32.1. The summed E-state index contributed by atoms with van der Waals surface area (Å²) in [5.41, 5.74) is 3.59. The number of nitrogens with zero attached hydrogens (tertiary/aromatic N) is 2. The van der Waals surface area contributed by atoms with Crippen LogP contribution < -0.4 is 4.80 Å². The van der Waals surface area contributed by atoms with Crippen LogP contribution in [0.3, 0.4) is 0 Å². The second-order valence-electron chi connectivity index (χ2n) is 5.99. The van der Waals surface area contributed by atoms with Crippen molar-refractivity contribution in [1.82, 2.24) is 4.57 Å². The smallest absolute Gasteiger partial charge is 0.326 e. The molecule has 0 aliphatic carbocycles. The van der Waals surface area contributed by atoms with Crippen molar-refractivity contribution in [1.29, 1.82) is 0 Å². The molecule has 0 fully saturated rings. The Morgan fingerprint density at radius 2 is 1.88 bits per heavy atom. The highest BCUT2D eigenvalue weighted by molar-refractivity contribution is 7.16. The standard InChI is InChI=1S/C20H20N2O3S/c1-4-25-17(23)12-22-16-11-13(2)10-14(3)18(16)26-20(22)21-19(24)15-8-6-5-7-9-15/h5-11H,4,12H2,1-3H3. The van der Waals surface area contributed by atoms with Crippen molar-refractivity contribution in [2.24, 2.45) is 4.99 Å². The topological polar surface area (TPSA) is 60.7 Å². The molecule has 5 nitrogen and oxygen atoms in total. The summed E-state index contributed by atoms with van der Waals surface area (Å²) in [5, 5.41) is 0. The summed E-state index contributed by atoms with van der Waals surface area (Å²) in [5.74, 6) is -0.677. The van der Waals surface area contributed by atoms with Gasteiger partial charge in [-0.3, -0.25) is 9.59 Å². The number of ether oxygens (including phenoxy) is 1. The molecule has 0 radical (unpaired) electrons. The molecule has 3 rings (SSSR count). The summed E-state index contributed by atoms with van der Waals surface area (Å²) in [6.07, 6.45) is 0. The Bertz CT molecular complexity index is 1030. The van der Waals surface area contributed by atoms with E-state index in [0.717, 1.165) is 21.3 Å². The normalized spacial score (nSPS) is 11.7. The molecule has 0 unspecified atom stereocenters. The van der Waals surface area contributed by atoms with Crippen LogP contribution in [0, 0.1) is 13.8 Å². The first-order valence-electron chi connectivity index (χ1n) is 8.40. The lowest BCUT2D eigenvalue weighted by molar-refractivity contribution is -0.143. The van der Waals surface area contributed by atoms with Crippen LogP contribution in [0.4, 0.5) is 0 Å². The third kappa shape index (κ3) is 3.75. The number of fused-ring (bicyclic) bond motifs is 1. The third-order valence-corrected chi connectivity index (χ3v) is 5.15. The van der Waals surface area contributed by atoms with Gasteiger partial charge in [-0.05, 0) is 50.1 Å². The molecule has 0 saturated heterocycles. The lowest BCUT2D eigenvalue weighted by atomic mass is 10.1. The molecule has 3 aromatic rings. The van der Waals surface area contributed by atoms with Gasteiger partial charge in [0.1, 0.15) is 6.54 Å². The van der Waals surface area contributed by atoms with E-state index in [2.05, 4.69) is 11.1 Å². The molecule has 0 spiro atoms. The number of aromatic nitrogens is 1. The van der Waals surface area contributed by atoms with Gasteiger partial charge < -0.3 is 9.30 Å². The van der Waals surface area contributed by atoms with Crippen molar-refractivity contribution >= 4 is 33.4 Å². The Morgan fingerprint density at radius 3 is 2.58 bits per heavy atom. The molecule has 2 aromatic carbocycles. The molecule has 0 atom stereocenters. The molecule has 0 aliphatic rings. The SMILES string of the molecule is CCOC(=O)Cn1c(=NC(=O)c2ccccc2)sc2c(C)cc(C)cc21. The second-order valence-corrected chi connectivity index (χ2v) is 6.97. The minimum Gasteiger partial charge on any atom is -0.465 e. The number of aryl methyl sites for hydroxylation is 2. The van der Waals surface area contributed by atoms with E-state index in [-0.39, 0.29) is 18.4 Å². The first-order valence-corrected chi connectivity index (χ1v) is 9.21. The van der Waals surface area contributed by atoms with E-state index >= 15 is 0 Å². The summed E-state index contributed by atoms with van der Waals surface area (Å²) >= 11 is 1.41. The van der Waals surface area contributed by atoms with Crippen molar-refractivity contribution in [3.63, 3.8) is 0 Å². The number of benzene rings is 2. The summed E-state index contributed by atoms with van der Waals surface area (Å²) in [4.78, 5) is 29.4. The van der Waals surface area contributed by atoms with E-state index in [0.29, 0.717) is 17.0 Å². The Kier molecular flexibility index (Phi) is 5.32. The van der Waals surface area contributed by atoms with Crippen LogP contribution in [0.15, 0.2) is 47.5 Å². The van der Waals surface area contributed by atoms with Crippen LogP contribution in [-0.4, -0.2) is 23.1 Å². The lowest BCUT2D eigenvalue weighted by Gasteiger charge is -2.06. The zero-order valence-corrected chi connectivity index (χ0v) is 15.8. The number of rotatable bonds is 4. The van der Waals surface area contributed by atoms with Crippen molar-refractivity contribution in [2.45, 2.75) is 27.3 Å². The van der Waals surface area contributed by atoms with Crippen LogP contribution in [-0.2, 0) is 16.1 Å². The Labute approximate surface area is 155 Å². The van der Waals surface area contributed by atoms with Gasteiger partial charge in [-0.25, -0.2) is 0 Å². The zero-order chi connectivity index (χ0) is 18.7. The highest BCUT2D eigenvalue weighted by Gasteiger charge is 2.14. The van der Waals surface area contributed by atoms with Crippen molar-refractivity contribution in [3.05, 3.63) is 64.0 Å². The maximum atomic E-state index is 12.5. The molecule has 0 aliphatic heterocycles. The molecular formula is C20H20N2O3S. The minimum atomic E-state index is -0.347. The highest BCUT2D eigenvalue weighted by Crippen LogP contribution is 2.23. The average molecular weight is 368 g/mol. The predicted octanol–water partition coefficient (Wildman–Crippen LogP) is 3.62. The Balaban J connectivity index is 2.17. The minimum absolute atomic E-state index is 0.0254. The molecule has 0 N–H and O–H groups in total. The van der Waals surface area contributed by atoms with Crippen LogP contribution in [0.1, 0.15) is 28.4 Å². The van der Waals surface area contributed by atoms with E-state index in [1.165, 1.54) is 11.3 Å². The van der Waals surface area contributed by atoms with Crippen molar-refractivity contribution in [3.8, 4) is 0 Å². The fourth-order valence-electron chi connectivity index (χ4n) is 2.82. The van der Waals surface area contributed by atoms with Gasteiger partial charge in [0.15, 0.2) is 4.80 Å². The molecule has 1 amide bonds. The summed E-state index contributed by atoms with van der Waals surface area (Å²) in [6, 6.07) is 13.0.